The zero-order chi connectivity index (χ0) is 13.8. The molecule has 0 aliphatic rings. The van der Waals surface area contributed by atoms with Crippen LogP contribution in [0.2, 0.25) is 0 Å². The van der Waals surface area contributed by atoms with E-state index in [0.29, 0.717) is 5.92 Å². The molecule has 1 heterocycles. The summed E-state index contributed by atoms with van der Waals surface area (Å²) in [6.07, 6.45) is 0.840. The van der Waals surface area contributed by atoms with Gasteiger partial charge in [0.1, 0.15) is 11.6 Å². The van der Waals surface area contributed by atoms with E-state index in [9.17, 15) is 0 Å². The molecule has 0 aliphatic heterocycles. The van der Waals surface area contributed by atoms with E-state index in [0.717, 1.165) is 29.9 Å². The predicted molar refractivity (Wildman–Crippen MR) is 81.5 cm³/mol. The van der Waals surface area contributed by atoms with Gasteiger partial charge in [0.25, 0.3) is 0 Å². The molecule has 19 heavy (non-hydrogen) atoms. The first-order valence-electron chi connectivity index (χ1n) is 6.62. The molecule has 0 unspecified atom stereocenters. The molecule has 2 rings (SSSR count). The normalized spacial score (nSPS) is 11.2. The third kappa shape index (κ3) is 3.66. The summed E-state index contributed by atoms with van der Waals surface area (Å²) in [5.74, 6) is 2.65. The van der Waals surface area contributed by atoms with Crippen molar-refractivity contribution in [1.29, 1.82) is 0 Å². The van der Waals surface area contributed by atoms with E-state index in [4.69, 9.17) is 0 Å². The van der Waals surface area contributed by atoms with Crippen molar-refractivity contribution < 1.29 is 0 Å². The molecule has 2 aromatic rings. The summed E-state index contributed by atoms with van der Waals surface area (Å²) >= 11 is 3.48. The summed E-state index contributed by atoms with van der Waals surface area (Å²) in [4.78, 5) is 0. The number of hydrogen-bond donors (Lipinski definition) is 0. The zero-order valence-corrected chi connectivity index (χ0v) is 13.3. The van der Waals surface area contributed by atoms with Gasteiger partial charge in [0.05, 0.1) is 5.33 Å². The molecule has 1 aromatic carbocycles. The summed E-state index contributed by atoms with van der Waals surface area (Å²) < 4.78 is 2.24. The SMILES string of the molecule is Cc1ccc(Cc2nnc(CBr)n2CC(C)C)cc1. The molecule has 0 spiro atoms. The van der Waals surface area contributed by atoms with Crippen molar-refractivity contribution >= 4 is 15.9 Å². The van der Waals surface area contributed by atoms with Crippen molar-refractivity contribution in [3.8, 4) is 0 Å². The molecular weight excluding hydrogens is 302 g/mol. The van der Waals surface area contributed by atoms with Crippen LogP contribution in [0.25, 0.3) is 0 Å². The molecule has 0 radical (unpaired) electrons. The Kier molecular flexibility index (Phi) is 4.75. The van der Waals surface area contributed by atoms with E-state index in [1.165, 1.54) is 11.1 Å². The summed E-state index contributed by atoms with van der Waals surface area (Å²) in [5, 5.41) is 9.36. The standard InChI is InChI=1S/C15H20BrN3/c1-11(2)10-19-14(17-18-15(19)9-16)8-13-6-4-12(3)5-7-13/h4-7,11H,8-10H2,1-3H3. The van der Waals surface area contributed by atoms with Gasteiger partial charge in [-0.25, -0.2) is 0 Å². The van der Waals surface area contributed by atoms with E-state index in [1.54, 1.807) is 0 Å². The van der Waals surface area contributed by atoms with Crippen molar-refractivity contribution in [1.82, 2.24) is 14.8 Å². The lowest BCUT2D eigenvalue weighted by Gasteiger charge is -2.12. The minimum atomic E-state index is 0.588. The molecule has 0 saturated heterocycles. The lowest BCUT2D eigenvalue weighted by Crippen LogP contribution is -2.11. The molecule has 0 aliphatic carbocycles. The summed E-state index contributed by atoms with van der Waals surface area (Å²) in [6, 6.07) is 8.61. The first kappa shape index (κ1) is 14.3. The van der Waals surface area contributed by atoms with Crippen LogP contribution in [0.3, 0.4) is 0 Å². The number of nitrogens with zero attached hydrogens (tertiary/aromatic N) is 3. The van der Waals surface area contributed by atoms with Gasteiger partial charge < -0.3 is 4.57 Å². The Morgan fingerprint density at radius 3 is 2.32 bits per heavy atom. The van der Waals surface area contributed by atoms with Crippen LogP contribution >= 0.6 is 15.9 Å². The van der Waals surface area contributed by atoms with Crippen molar-refractivity contribution in [3.05, 3.63) is 47.0 Å². The number of aryl methyl sites for hydroxylation is 1. The molecule has 102 valence electrons. The van der Waals surface area contributed by atoms with Crippen molar-refractivity contribution in [3.63, 3.8) is 0 Å². The Labute approximate surface area is 123 Å². The van der Waals surface area contributed by atoms with Crippen LogP contribution in [0.5, 0.6) is 0 Å². The average Bonchev–Trinajstić information content (AvgIpc) is 2.74. The number of benzene rings is 1. The second kappa shape index (κ2) is 6.33. The third-order valence-electron chi connectivity index (χ3n) is 3.05. The van der Waals surface area contributed by atoms with E-state index < -0.39 is 0 Å². The summed E-state index contributed by atoms with van der Waals surface area (Å²) in [5.41, 5.74) is 2.57. The molecule has 3 nitrogen and oxygen atoms in total. The highest BCUT2D eigenvalue weighted by Crippen LogP contribution is 2.14. The maximum Gasteiger partial charge on any atom is 0.143 e. The molecule has 0 amide bonds. The second-order valence-corrected chi connectivity index (χ2v) is 5.89. The smallest absolute Gasteiger partial charge is 0.143 e. The maximum absolute atomic E-state index is 4.34. The van der Waals surface area contributed by atoms with Crippen molar-refractivity contribution in [2.45, 2.75) is 39.1 Å². The van der Waals surface area contributed by atoms with Crippen molar-refractivity contribution in [2.75, 3.05) is 0 Å². The molecule has 0 atom stereocenters. The van der Waals surface area contributed by atoms with Gasteiger partial charge in [-0.1, -0.05) is 59.6 Å². The van der Waals surface area contributed by atoms with Crippen molar-refractivity contribution in [2.24, 2.45) is 5.92 Å². The summed E-state index contributed by atoms with van der Waals surface area (Å²) in [7, 11) is 0. The minimum absolute atomic E-state index is 0.588. The van der Waals surface area contributed by atoms with E-state index in [2.05, 4.69) is 75.7 Å². The number of hydrogen-bond acceptors (Lipinski definition) is 2. The van der Waals surface area contributed by atoms with Gasteiger partial charge in [-0.15, -0.1) is 10.2 Å². The number of halogens is 1. The van der Waals surface area contributed by atoms with E-state index in [-0.39, 0.29) is 0 Å². The summed E-state index contributed by atoms with van der Waals surface area (Å²) in [6.45, 7) is 7.50. The Bertz CT molecular complexity index is 529. The minimum Gasteiger partial charge on any atom is -0.314 e. The van der Waals surface area contributed by atoms with Crippen LogP contribution in [0.4, 0.5) is 0 Å². The van der Waals surface area contributed by atoms with Crippen LogP contribution in [0.1, 0.15) is 36.6 Å². The molecular formula is C15H20BrN3. The van der Waals surface area contributed by atoms with Gasteiger partial charge in [0.2, 0.25) is 0 Å². The molecule has 0 fully saturated rings. The molecule has 0 bridgehead atoms. The first-order chi connectivity index (χ1) is 9.10. The van der Waals surface area contributed by atoms with Crippen LogP contribution in [-0.4, -0.2) is 14.8 Å². The number of rotatable bonds is 5. The average molecular weight is 322 g/mol. The highest BCUT2D eigenvalue weighted by atomic mass is 79.9. The quantitative estimate of drug-likeness (QED) is 0.785. The largest absolute Gasteiger partial charge is 0.314 e. The predicted octanol–water partition coefficient (Wildman–Crippen LogP) is 3.73. The van der Waals surface area contributed by atoms with Crippen LogP contribution in [0, 0.1) is 12.8 Å². The van der Waals surface area contributed by atoms with Crippen LogP contribution in [-0.2, 0) is 18.3 Å². The lowest BCUT2D eigenvalue weighted by molar-refractivity contribution is 0.500. The number of alkyl halides is 1. The lowest BCUT2D eigenvalue weighted by atomic mass is 10.1. The van der Waals surface area contributed by atoms with Gasteiger partial charge in [-0.2, -0.15) is 0 Å². The van der Waals surface area contributed by atoms with E-state index in [1.807, 2.05) is 0 Å². The Balaban J connectivity index is 2.24. The van der Waals surface area contributed by atoms with Gasteiger partial charge in [-0.3, -0.25) is 0 Å². The van der Waals surface area contributed by atoms with Crippen LogP contribution < -0.4 is 0 Å². The fourth-order valence-electron chi connectivity index (χ4n) is 2.07. The fraction of sp³-hybridized carbons (Fsp3) is 0.467. The highest BCUT2D eigenvalue weighted by Gasteiger charge is 2.12. The molecule has 1 aromatic heterocycles. The highest BCUT2D eigenvalue weighted by molar-refractivity contribution is 9.08. The second-order valence-electron chi connectivity index (χ2n) is 5.33. The fourth-order valence-corrected chi connectivity index (χ4v) is 2.48. The Morgan fingerprint density at radius 1 is 1.11 bits per heavy atom. The van der Waals surface area contributed by atoms with Gasteiger partial charge in [0, 0.05) is 13.0 Å². The van der Waals surface area contributed by atoms with Gasteiger partial charge in [-0.05, 0) is 18.4 Å². The van der Waals surface area contributed by atoms with Gasteiger partial charge >= 0.3 is 0 Å². The topological polar surface area (TPSA) is 30.7 Å². The Hall–Kier alpha value is -1.16. The maximum atomic E-state index is 4.34. The molecule has 0 saturated carbocycles. The molecule has 4 heteroatoms. The van der Waals surface area contributed by atoms with Gasteiger partial charge in [0.15, 0.2) is 0 Å². The third-order valence-corrected chi connectivity index (χ3v) is 3.56. The first-order valence-corrected chi connectivity index (χ1v) is 7.74. The molecule has 0 N–H and O–H groups in total. The zero-order valence-electron chi connectivity index (χ0n) is 11.7. The van der Waals surface area contributed by atoms with E-state index >= 15 is 0 Å². The van der Waals surface area contributed by atoms with Crippen LogP contribution in [0.15, 0.2) is 24.3 Å². The number of aromatic nitrogens is 3. The Morgan fingerprint density at radius 2 is 1.74 bits per heavy atom. The monoisotopic (exact) mass is 321 g/mol.